The molecule has 4 heteroatoms. The number of fused-ring (bicyclic) bond motifs is 1. The third-order valence-electron chi connectivity index (χ3n) is 4.30. The topological polar surface area (TPSA) is 63.1 Å². The minimum absolute atomic E-state index is 0.0286. The summed E-state index contributed by atoms with van der Waals surface area (Å²) in [5.74, 6) is -0.636. The molecular weight excluding hydrogens is 324 g/mol. The quantitative estimate of drug-likeness (QED) is 0.572. The molecule has 0 unspecified atom stereocenters. The van der Waals surface area contributed by atoms with Gasteiger partial charge in [0.15, 0.2) is 11.5 Å². The van der Waals surface area contributed by atoms with E-state index in [1.54, 1.807) is 6.07 Å². The Morgan fingerprint density at radius 1 is 0.808 bits per heavy atom. The molecule has 126 valence electrons. The van der Waals surface area contributed by atoms with Gasteiger partial charge in [0, 0.05) is 10.9 Å². The minimum atomic E-state index is -1.05. The monoisotopic (exact) mass is 340 g/mol. The fraction of sp³-hybridized carbons (Fsp3) is 0.0455. The molecule has 0 aliphatic carbocycles. The summed E-state index contributed by atoms with van der Waals surface area (Å²) >= 11 is 0. The van der Waals surface area contributed by atoms with Gasteiger partial charge in [0.1, 0.15) is 0 Å². The smallest absolute Gasteiger partial charge is 0.355 e. The third kappa shape index (κ3) is 2.93. The van der Waals surface area contributed by atoms with Crippen molar-refractivity contribution in [1.82, 2.24) is 9.97 Å². The highest BCUT2D eigenvalue weighted by Gasteiger charge is 2.15. The van der Waals surface area contributed by atoms with Gasteiger partial charge in [-0.25, -0.2) is 14.8 Å². The SMILES string of the molecule is Cc1ccc2nc(-c3ccc(-c4ccccc4)cc3)nc(C(=O)O)c2c1. The Bertz CT molecular complexity index is 1100. The first-order valence-electron chi connectivity index (χ1n) is 8.29. The Morgan fingerprint density at radius 2 is 1.46 bits per heavy atom. The van der Waals surface area contributed by atoms with Crippen LogP contribution in [0.25, 0.3) is 33.4 Å². The van der Waals surface area contributed by atoms with Crippen molar-refractivity contribution < 1.29 is 9.90 Å². The summed E-state index contributed by atoms with van der Waals surface area (Å²) < 4.78 is 0. The zero-order chi connectivity index (χ0) is 18.1. The summed E-state index contributed by atoms with van der Waals surface area (Å²) in [7, 11) is 0. The van der Waals surface area contributed by atoms with Crippen LogP contribution in [0.15, 0.2) is 72.8 Å². The van der Waals surface area contributed by atoms with Crippen molar-refractivity contribution in [3.8, 4) is 22.5 Å². The first-order valence-corrected chi connectivity index (χ1v) is 8.29. The van der Waals surface area contributed by atoms with Crippen molar-refractivity contribution in [3.05, 3.63) is 84.1 Å². The average molecular weight is 340 g/mol. The second-order valence-corrected chi connectivity index (χ2v) is 6.16. The van der Waals surface area contributed by atoms with Crippen LogP contribution in [0.1, 0.15) is 16.1 Å². The van der Waals surface area contributed by atoms with Gasteiger partial charge < -0.3 is 5.11 Å². The molecule has 0 aliphatic rings. The highest BCUT2D eigenvalue weighted by Crippen LogP contribution is 2.25. The number of rotatable bonds is 3. The van der Waals surface area contributed by atoms with Gasteiger partial charge >= 0.3 is 5.97 Å². The number of nitrogens with zero attached hydrogens (tertiary/aromatic N) is 2. The van der Waals surface area contributed by atoms with Crippen LogP contribution in [0.2, 0.25) is 0 Å². The molecule has 0 radical (unpaired) electrons. The predicted octanol–water partition coefficient (Wildman–Crippen LogP) is 4.97. The number of hydrogen-bond donors (Lipinski definition) is 1. The van der Waals surface area contributed by atoms with E-state index >= 15 is 0 Å². The second kappa shape index (κ2) is 6.41. The Morgan fingerprint density at radius 3 is 2.15 bits per heavy atom. The molecule has 4 rings (SSSR count). The fourth-order valence-electron chi connectivity index (χ4n) is 2.98. The Balaban J connectivity index is 1.81. The van der Waals surface area contributed by atoms with Gasteiger partial charge in [-0.1, -0.05) is 66.2 Å². The second-order valence-electron chi connectivity index (χ2n) is 6.16. The van der Waals surface area contributed by atoms with E-state index in [0.717, 1.165) is 22.3 Å². The standard InChI is InChI=1S/C22H16N2O2/c1-14-7-12-19-18(13-14)20(22(25)26)24-21(23-19)17-10-8-16(9-11-17)15-5-3-2-4-6-15/h2-13H,1H3,(H,25,26). The Hall–Kier alpha value is -3.53. The van der Waals surface area contributed by atoms with E-state index in [0.29, 0.717) is 16.7 Å². The normalized spacial score (nSPS) is 10.8. The lowest BCUT2D eigenvalue weighted by Crippen LogP contribution is -2.05. The number of hydrogen-bond acceptors (Lipinski definition) is 3. The summed E-state index contributed by atoms with van der Waals surface area (Å²) in [4.78, 5) is 20.5. The maximum Gasteiger partial charge on any atom is 0.355 e. The van der Waals surface area contributed by atoms with E-state index in [2.05, 4.69) is 9.97 Å². The van der Waals surface area contributed by atoms with Gasteiger partial charge in [-0.2, -0.15) is 0 Å². The first-order chi connectivity index (χ1) is 12.6. The lowest BCUT2D eigenvalue weighted by atomic mass is 10.0. The van der Waals surface area contributed by atoms with E-state index in [4.69, 9.17) is 0 Å². The molecule has 0 bridgehead atoms. The molecule has 1 aromatic heterocycles. The Labute approximate surface area is 150 Å². The van der Waals surface area contributed by atoms with E-state index in [9.17, 15) is 9.90 Å². The molecular formula is C22H16N2O2. The molecule has 4 aromatic rings. The lowest BCUT2D eigenvalue weighted by Gasteiger charge is -2.08. The largest absolute Gasteiger partial charge is 0.476 e. The van der Waals surface area contributed by atoms with Gasteiger partial charge in [0.25, 0.3) is 0 Å². The van der Waals surface area contributed by atoms with E-state index in [-0.39, 0.29) is 5.69 Å². The average Bonchev–Trinajstić information content (AvgIpc) is 2.68. The maximum atomic E-state index is 11.7. The lowest BCUT2D eigenvalue weighted by molar-refractivity contribution is 0.0693. The van der Waals surface area contributed by atoms with E-state index in [1.807, 2.05) is 73.7 Å². The Kier molecular flexibility index (Phi) is 3.93. The molecule has 0 aliphatic heterocycles. The summed E-state index contributed by atoms with van der Waals surface area (Å²) in [6, 6.07) is 23.5. The number of benzene rings is 3. The summed E-state index contributed by atoms with van der Waals surface area (Å²) in [5, 5.41) is 10.1. The highest BCUT2D eigenvalue weighted by atomic mass is 16.4. The van der Waals surface area contributed by atoms with Crippen LogP contribution in [0, 0.1) is 6.92 Å². The zero-order valence-corrected chi connectivity index (χ0v) is 14.2. The molecule has 0 saturated heterocycles. The molecule has 1 N–H and O–H groups in total. The molecule has 0 saturated carbocycles. The molecule has 3 aromatic carbocycles. The van der Waals surface area contributed by atoms with Crippen molar-refractivity contribution in [1.29, 1.82) is 0 Å². The minimum Gasteiger partial charge on any atom is -0.476 e. The third-order valence-corrected chi connectivity index (χ3v) is 4.30. The van der Waals surface area contributed by atoms with Crippen LogP contribution in [-0.2, 0) is 0 Å². The maximum absolute atomic E-state index is 11.7. The highest BCUT2D eigenvalue weighted by molar-refractivity contribution is 6.01. The van der Waals surface area contributed by atoms with Gasteiger partial charge in [0.05, 0.1) is 5.52 Å². The van der Waals surface area contributed by atoms with Crippen LogP contribution in [0.3, 0.4) is 0 Å². The number of carboxylic acid groups (broad SMARTS) is 1. The molecule has 0 atom stereocenters. The summed E-state index contributed by atoms with van der Waals surface area (Å²) in [6.07, 6.45) is 0. The molecule has 0 spiro atoms. The summed E-state index contributed by atoms with van der Waals surface area (Å²) in [5.41, 5.74) is 4.63. The van der Waals surface area contributed by atoms with Gasteiger partial charge in [-0.3, -0.25) is 0 Å². The molecule has 0 amide bonds. The predicted molar refractivity (Wildman–Crippen MR) is 102 cm³/mol. The zero-order valence-electron chi connectivity index (χ0n) is 14.2. The van der Waals surface area contributed by atoms with Crippen LogP contribution < -0.4 is 0 Å². The number of aryl methyl sites for hydroxylation is 1. The van der Waals surface area contributed by atoms with Crippen LogP contribution in [0.5, 0.6) is 0 Å². The van der Waals surface area contributed by atoms with Gasteiger partial charge in [0.2, 0.25) is 0 Å². The van der Waals surface area contributed by atoms with Crippen molar-refractivity contribution >= 4 is 16.9 Å². The number of carboxylic acids is 1. The van der Waals surface area contributed by atoms with E-state index in [1.165, 1.54) is 0 Å². The fourth-order valence-corrected chi connectivity index (χ4v) is 2.98. The van der Waals surface area contributed by atoms with Crippen molar-refractivity contribution in [2.45, 2.75) is 6.92 Å². The van der Waals surface area contributed by atoms with Gasteiger partial charge in [-0.05, 0) is 30.2 Å². The number of carbonyl (C=O) groups is 1. The first kappa shape index (κ1) is 16.0. The van der Waals surface area contributed by atoms with Crippen molar-refractivity contribution in [2.24, 2.45) is 0 Å². The number of aromatic nitrogens is 2. The van der Waals surface area contributed by atoms with Crippen LogP contribution in [-0.4, -0.2) is 21.0 Å². The van der Waals surface area contributed by atoms with Crippen molar-refractivity contribution in [3.63, 3.8) is 0 Å². The van der Waals surface area contributed by atoms with E-state index < -0.39 is 5.97 Å². The van der Waals surface area contributed by atoms with Gasteiger partial charge in [-0.15, -0.1) is 0 Å². The van der Waals surface area contributed by atoms with Crippen molar-refractivity contribution in [2.75, 3.05) is 0 Å². The summed E-state index contributed by atoms with van der Waals surface area (Å²) in [6.45, 7) is 1.92. The molecule has 1 heterocycles. The molecule has 0 fully saturated rings. The molecule has 26 heavy (non-hydrogen) atoms. The van der Waals surface area contributed by atoms with Crippen LogP contribution in [0.4, 0.5) is 0 Å². The number of aromatic carboxylic acids is 1. The molecule has 4 nitrogen and oxygen atoms in total. The van der Waals surface area contributed by atoms with Crippen LogP contribution >= 0.6 is 0 Å².